The summed E-state index contributed by atoms with van der Waals surface area (Å²) in [4.78, 5) is 14.1. The number of aliphatic hydroxyl groups is 1. The molecule has 0 aliphatic carbocycles. The number of fused-ring (bicyclic) bond motifs is 1. The molecule has 2 heterocycles. The first-order valence-corrected chi connectivity index (χ1v) is 7.37. The van der Waals surface area contributed by atoms with E-state index in [4.69, 9.17) is 4.74 Å². The molecular formula is C16H21NO3. The van der Waals surface area contributed by atoms with Crippen LogP contribution in [-0.2, 0) is 9.53 Å². The molecule has 3 rings (SSSR count). The van der Waals surface area contributed by atoms with Gasteiger partial charge in [0.15, 0.2) is 0 Å². The fourth-order valence-corrected chi connectivity index (χ4v) is 3.48. The number of amides is 1. The second-order valence-corrected chi connectivity index (χ2v) is 5.65. The summed E-state index contributed by atoms with van der Waals surface area (Å²) < 4.78 is 5.96. The molecule has 3 atom stereocenters. The maximum absolute atomic E-state index is 12.3. The second-order valence-electron chi connectivity index (χ2n) is 5.65. The minimum Gasteiger partial charge on any atom is -0.386 e. The summed E-state index contributed by atoms with van der Waals surface area (Å²) in [6, 6.07) is 9.24. The van der Waals surface area contributed by atoms with Crippen molar-refractivity contribution in [3.8, 4) is 0 Å². The van der Waals surface area contributed by atoms with Crippen LogP contribution in [0.5, 0.6) is 0 Å². The van der Waals surface area contributed by atoms with Gasteiger partial charge in [-0.3, -0.25) is 4.79 Å². The van der Waals surface area contributed by atoms with E-state index in [0.717, 1.165) is 24.8 Å². The van der Waals surface area contributed by atoms with E-state index in [0.29, 0.717) is 13.0 Å². The number of rotatable bonds is 3. The highest BCUT2D eigenvalue weighted by Crippen LogP contribution is 2.42. The topological polar surface area (TPSA) is 49.8 Å². The van der Waals surface area contributed by atoms with E-state index in [9.17, 15) is 9.90 Å². The normalized spacial score (nSPS) is 31.2. The Kier molecular flexibility index (Phi) is 3.52. The lowest BCUT2D eigenvalue weighted by molar-refractivity contribution is -0.163. The molecule has 2 saturated heterocycles. The number of hydrogen-bond donors (Lipinski definition) is 1. The smallest absolute Gasteiger partial charge is 0.225 e. The van der Waals surface area contributed by atoms with Gasteiger partial charge in [-0.05, 0) is 24.8 Å². The average molecular weight is 275 g/mol. The van der Waals surface area contributed by atoms with Crippen molar-refractivity contribution in [1.82, 2.24) is 4.90 Å². The van der Waals surface area contributed by atoms with Gasteiger partial charge in [0.1, 0.15) is 11.8 Å². The van der Waals surface area contributed by atoms with Crippen molar-refractivity contribution in [1.29, 1.82) is 0 Å². The Balaban J connectivity index is 1.89. The lowest BCUT2D eigenvalue weighted by Crippen LogP contribution is -2.55. The first-order valence-electron chi connectivity index (χ1n) is 7.37. The first-order chi connectivity index (χ1) is 9.68. The van der Waals surface area contributed by atoms with Crippen molar-refractivity contribution in [2.24, 2.45) is 0 Å². The highest BCUT2D eigenvalue weighted by Gasteiger charge is 2.52. The zero-order valence-corrected chi connectivity index (χ0v) is 11.8. The molecule has 1 aromatic carbocycles. The first kappa shape index (κ1) is 13.6. The molecule has 20 heavy (non-hydrogen) atoms. The van der Waals surface area contributed by atoms with E-state index in [1.54, 1.807) is 0 Å². The number of ether oxygens (including phenoxy) is 1. The van der Waals surface area contributed by atoms with Gasteiger partial charge in [0, 0.05) is 6.42 Å². The number of aliphatic hydroxyl groups excluding tert-OH is 1. The van der Waals surface area contributed by atoms with Crippen LogP contribution in [0.25, 0.3) is 0 Å². The lowest BCUT2D eigenvalue weighted by atomic mass is 9.92. The number of carbonyl (C=O) groups excluding carboxylic acids is 1. The Hall–Kier alpha value is -1.39. The number of hydrogen-bond acceptors (Lipinski definition) is 3. The molecule has 2 aliphatic heterocycles. The minimum absolute atomic E-state index is 0.107. The van der Waals surface area contributed by atoms with Gasteiger partial charge in [0.05, 0.1) is 12.6 Å². The maximum Gasteiger partial charge on any atom is 0.225 e. The van der Waals surface area contributed by atoms with Gasteiger partial charge in [0.2, 0.25) is 5.91 Å². The fraction of sp³-hybridized carbons (Fsp3) is 0.562. The number of benzene rings is 1. The van der Waals surface area contributed by atoms with Crippen molar-refractivity contribution in [3.05, 3.63) is 35.9 Å². The highest BCUT2D eigenvalue weighted by molar-refractivity contribution is 5.78. The van der Waals surface area contributed by atoms with Crippen molar-refractivity contribution < 1.29 is 14.6 Å². The third kappa shape index (κ3) is 2.03. The van der Waals surface area contributed by atoms with Crippen LogP contribution < -0.4 is 0 Å². The van der Waals surface area contributed by atoms with Gasteiger partial charge in [-0.1, -0.05) is 37.3 Å². The van der Waals surface area contributed by atoms with Gasteiger partial charge < -0.3 is 14.7 Å². The molecular weight excluding hydrogens is 254 g/mol. The quantitative estimate of drug-likeness (QED) is 0.920. The molecule has 2 aliphatic rings. The van der Waals surface area contributed by atoms with Crippen molar-refractivity contribution in [2.45, 2.75) is 50.5 Å². The molecule has 0 bridgehead atoms. The van der Waals surface area contributed by atoms with Gasteiger partial charge >= 0.3 is 0 Å². The Morgan fingerprint density at radius 2 is 2.20 bits per heavy atom. The number of piperidine rings is 1. The predicted octanol–water partition coefficient (Wildman–Crippen LogP) is 2.24. The Morgan fingerprint density at radius 3 is 2.90 bits per heavy atom. The molecule has 4 nitrogen and oxygen atoms in total. The summed E-state index contributed by atoms with van der Waals surface area (Å²) in [7, 11) is 0. The largest absolute Gasteiger partial charge is 0.386 e. The third-order valence-corrected chi connectivity index (χ3v) is 4.58. The van der Waals surface area contributed by atoms with Crippen LogP contribution >= 0.6 is 0 Å². The molecule has 0 spiro atoms. The Morgan fingerprint density at radius 1 is 1.45 bits per heavy atom. The highest BCUT2D eigenvalue weighted by atomic mass is 16.5. The van der Waals surface area contributed by atoms with Crippen molar-refractivity contribution >= 4 is 5.91 Å². The average Bonchev–Trinajstić information content (AvgIpc) is 2.89. The lowest BCUT2D eigenvalue weighted by Gasteiger charge is -2.43. The number of nitrogens with zero attached hydrogens (tertiary/aromatic N) is 1. The van der Waals surface area contributed by atoms with E-state index in [1.807, 2.05) is 42.2 Å². The van der Waals surface area contributed by atoms with E-state index in [2.05, 4.69) is 0 Å². The standard InChI is InChI=1S/C16H21NO3/c1-2-16-10-6-9-14(18)17(16)13(11-20-16)15(19)12-7-4-3-5-8-12/h3-5,7-8,13,15,19H,2,6,9-11H2,1H3/t13?,15-,16?/m0/s1. The molecule has 0 aromatic heterocycles. The molecule has 4 heteroatoms. The zero-order chi connectivity index (χ0) is 14.2. The predicted molar refractivity (Wildman–Crippen MR) is 74.9 cm³/mol. The van der Waals surface area contributed by atoms with Gasteiger partial charge in [-0.15, -0.1) is 0 Å². The summed E-state index contributed by atoms with van der Waals surface area (Å²) in [5.41, 5.74) is 0.349. The van der Waals surface area contributed by atoms with Crippen LogP contribution in [0.15, 0.2) is 30.3 Å². The van der Waals surface area contributed by atoms with Crippen LogP contribution in [-0.4, -0.2) is 34.3 Å². The van der Waals surface area contributed by atoms with Gasteiger partial charge in [-0.2, -0.15) is 0 Å². The zero-order valence-electron chi connectivity index (χ0n) is 11.8. The van der Waals surface area contributed by atoms with Crippen LogP contribution in [0.1, 0.15) is 44.3 Å². The Bertz CT molecular complexity index is 490. The maximum atomic E-state index is 12.3. The van der Waals surface area contributed by atoms with E-state index < -0.39 is 11.8 Å². The minimum atomic E-state index is -0.688. The van der Waals surface area contributed by atoms with Crippen LogP contribution in [0.2, 0.25) is 0 Å². The Labute approximate surface area is 119 Å². The summed E-state index contributed by atoms with van der Waals surface area (Å²) in [5.74, 6) is 0.107. The summed E-state index contributed by atoms with van der Waals surface area (Å²) in [6.07, 6.45) is 2.39. The molecule has 0 radical (unpaired) electrons. The molecule has 1 aromatic rings. The molecule has 0 saturated carbocycles. The van der Waals surface area contributed by atoms with E-state index in [-0.39, 0.29) is 11.9 Å². The van der Waals surface area contributed by atoms with Crippen LogP contribution in [0.4, 0.5) is 0 Å². The molecule has 1 N–H and O–H groups in total. The van der Waals surface area contributed by atoms with E-state index >= 15 is 0 Å². The fourth-order valence-electron chi connectivity index (χ4n) is 3.48. The summed E-state index contributed by atoms with van der Waals surface area (Å²) in [6.45, 7) is 2.46. The van der Waals surface area contributed by atoms with Gasteiger partial charge in [-0.25, -0.2) is 0 Å². The van der Waals surface area contributed by atoms with E-state index in [1.165, 1.54) is 0 Å². The van der Waals surface area contributed by atoms with Crippen molar-refractivity contribution in [2.75, 3.05) is 6.61 Å². The van der Waals surface area contributed by atoms with Gasteiger partial charge in [0.25, 0.3) is 0 Å². The molecule has 108 valence electrons. The molecule has 1 amide bonds. The summed E-state index contributed by atoms with van der Waals surface area (Å²) >= 11 is 0. The molecule has 2 fully saturated rings. The van der Waals surface area contributed by atoms with Crippen molar-refractivity contribution in [3.63, 3.8) is 0 Å². The summed E-state index contributed by atoms with van der Waals surface area (Å²) in [5, 5.41) is 10.6. The van der Waals surface area contributed by atoms with Crippen LogP contribution in [0, 0.1) is 0 Å². The SMILES string of the molecule is CCC12CCCC(=O)N1C([C@@H](O)c1ccccc1)CO2. The molecule has 2 unspecified atom stereocenters. The second kappa shape index (κ2) is 5.19. The van der Waals surface area contributed by atoms with Crippen LogP contribution in [0.3, 0.4) is 0 Å². The third-order valence-electron chi connectivity index (χ3n) is 4.58. The monoisotopic (exact) mass is 275 g/mol. The number of carbonyl (C=O) groups is 1.